The van der Waals surface area contributed by atoms with Gasteiger partial charge in [-0.1, -0.05) is 20.8 Å². The van der Waals surface area contributed by atoms with Gasteiger partial charge >= 0.3 is 0 Å². The van der Waals surface area contributed by atoms with E-state index in [-0.39, 0.29) is 35.2 Å². The van der Waals surface area contributed by atoms with E-state index >= 15 is 0 Å². The van der Waals surface area contributed by atoms with Gasteiger partial charge in [0, 0.05) is 36.9 Å². The van der Waals surface area contributed by atoms with Crippen LogP contribution in [0, 0.1) is 22.7 Å². The number of carbonyl (C=O) groups excluding carboxylic acids is 4. The minimum atomic E-state index is -1.92. The molecule has 0 aromatic rings. The molecule has 3 aliphatic heterocycles. The van der Waals surface area contributed by atoms with E-state index in [0.717, 1.165) is 11.5 Å². The molecule has 198 valence electrons. The molecule has 1 spiro atoms. The van der Waals surface area contributed by atoms with E-state index in [2.05, 4.69) is 22.0 Å². The van der Waals surface area contributed by atoms with Crippen LogP contribution < -0.4 is 16.0 Å². The normalized spacial score (nSPS) is 27.8. The van der Waals surface area contributed by atoms with Crippen molar-refractivity contribution in [3.05, 3.63) is 0 Å². The van der Waals surface area contributed by atoms with Gasteiger partial charge in [0.1, 0.15) is 18.1 Å². The molecule has 3 heterocycles. The van der Waals surface area contributed by atoms with Gasteiger partial charge in [0.2, 0.25) is 17.7 Å². The molecular formula is C24H34FN5O4S2. The van der Waals surface area contributed by atoms with Crippen LogP contribution in [0.3, 0.4) is 0 Å². The van der Waals surface area contributed by atoms with Crippen molar-refractivity contribution in [2.45, 2.75) is 80.7 Å². The van der Waals surface area contributed by atoms with Crippen LogP contribution in [-0.2, 0) is 19.2 Å². The van der Waals surface area contributed by atoms with E-state index < -0.39 is 46.9 Å². The zero-order valence-corrected chi connectivity index (χ0v) is 22.5. The number of hydrogen-bond donors (Lipinski definition) is 3. The molecule has 0 aromatic carbocycles. The highest BCUT2D eigenvalue weighted by Gasteiger charge is 2.56. The molecule has 4 fully saturated rings. The van der Waals surface area contributed by atoms with Gasteiger partial charge in [0.15, 0.2) is 5.67 Å². The average Bonchev–Trinajstić information content (AvgIpc) is 3.16. The molecule has 4 rings (SSSR count). The molecule has 4 atom stereocenters. The summed E-state index contributed by atoms with van der Waals surface area (Å²) >= 11 is 3.43. The van der Waals surface area contributed by atoms with Crippen molar-refractivity contribution in [2.75, 3.05) is 24.6 Å². The predicted octanol–water partition coefficient (Wildman–Crippen LogP) is 1.33. The monoisotopic (exact) mass is 539 g/mol. The topological polar surface area (TPSA) is 131 Å². The summed E-state index contributed by atoms with van der Waals surface area (Å²) in [5.41, 5.74) is -2.63. The molecule has 9 nitrogen and oxygen atoms in total. The van der Waals surface area contributed by atoms with E-state index in [1.807, 2.05) is 0 Å². The first-order valence-electron chi connectivity index (χ1n) is 12.4. The van der Waals surface area contributed by atoms with E-state index in [1.54, 1.807) is 44.3 Å². The fourth-order valence-electron chi connectivity index (χ4n) is 4.99. The van der Waals surface area contributed by atoms with Crippen molar-refractivity contribution < 1.29 is 23.6 Å². The molecule has 3 N–H and O–H groups in total. The van der Waals surface area contributed by atoms with Crippen LogP contribution in [0.15, 0.2) is 0 Å². The Morgan fingerprint density at radius 3 is 2.44 bits per heavy atom. The number of hydrogen-bond acceptors (Lipinski definition) is 7. The molecule has 36 heavy (non-hydrogen) atoms. The van der Waals surface area contributed by atoms with Gasteiger partial charge in [-0.05, 0) is 31.1 Å². The smallest absolute Gasteiger partial charge is 0.258 e. The van der Waals surface area contributed by atoms with Crippen LogP contribution in [0.5, 0.6) is 0 Å². The molecule has 1 saturated carbocycles. The number of amides is 4. The number of nitrogens with zero attached hydrogens (tertiary/aromatic N) is 2. The molecule has 0 radical (unpaired) electrons. The van der Waals surface area contributed by atoms with Crippen LogP contribution in [0.4, 0.5) is 4.39 Å². The quantitative estimate of drug-likeness (QED) is 0.445. The second kappa shape index (κ2) is 10.0. The van der Waals surface area contributed by atoms with E-state index in [0.29, 0.717) is 25.9 Å². The highest BCUT2D eigenvalue weighted by molar-refractivity contribution is 8.21. The highest BCUT2D eigenvalue weighted by atomic mass is 32.2. The lowest BCUT2D eigenvalue weighted by Crippen LogP contribution is -2.59. The second-order valence-electron chi connectivity index (χ2n) is 11.2. The number of likely N-dealkylation sites (tertiary alicyclic amines) is 1. The summed E-state index contributed by atoms with van der Waals surface area (Å²) in [6.07, 6.45) is 1.52. The maximum absolute atomic E-state index is 14.4. The summed E-state index contributed by atoms with van der Waals surface area (Å²) in [6, 6.07) is -0.610. The van der Waals surface area contributed by atoms with Gasteiger partial charge in [0.05, 0.1) is 10.1 Å². The van der Waals surface area contributed by atoms with Crippen LogP contribution in [-0.4, -0.2) is 81.0 Å². The zero-order valence-electron chi connectivity index (χ0n) is 20.9. The number of nitrogens with one attached hydrogen (secondary N) is 3. The first kappa shape index (κ1) is 27.0. The van der Waals surface area contributed by atoms with E-state index in [4.69, 9.17) is 0 Å². The molecule has 3 saturated heterocycles. The van der Waals surface area contributed by atoms with Crippen molar-refractivity contribution in [2.24, 2.45) is 11.3 Å². The van der Waals surface area contributed by atoms with Crippen LogP contribution in [0.25, 0.3) is 0 Å². The van der Waals surface area contributed by atoms with Gasteiger partial charge in [0.25, 0.3) is 5.91 Å². The Kier molecular flexibility index (Phi) is 7.55. The number of alkyl halides is 1. The summed E-state index contributed by atoms with van der Waals surface area (Å²) < 4.78 is 14.1. The molecule has 1 aliphatic carbocycles. The average molecular weight is 540 g/mol. The van der Waals surface area contributed by atoms with Gasteiger partial charge < -0.3 is 20.9 Å². The first-order chi connectivity index (χ1) is 16.9. The summed E-state index contributed by atoms with van der Waals surface area (Å²) in [5, 5.41) is 17.8. The lowest BCUT2D eigenvalue weighted by Gasteiger charge is -2.36. The van der Waals surface area contributed by atoms with Crippen LogP contribution in [0.1, 0.15) is 52.9 Å². The summed E-state index contributed by atoms with van der Waals surface area (Å²) in [4.78, 5) is 53.3. The van der Waals surface area contributed by atoms with Crippen LogP contribution in [0.2, 0.25) is 0 Å². The third kappa shape index (κ3) is 5.62. The number of rotatable bonds is 7. The molecule has 0 bridgehead atoms. The standard InChI is InChI=1S/C24H34FN5O4S2/c1-22(2,3)17(29-21(34)23(25)5-6-23)20(33)30-13-24(35-8-9-36-24)11-16(30)19(32)28-15(12-26)10-14-4-7-27-18(14)31/h14-17H,4-11,13H2,1-3H3,(H,27,31)(H,28,32)(H,29,34)/t14-,15-,16-,17+/m0/s1. The fraction of sp³-hybridized carbons (Fsp3) is 0.792. The van der Waals surface area contributed by atoms with Crippen molar-refractivity contribution in [3.8, 4) is 6.07 Å². The summed E-state index contributed by atoms with van der Waals surface area (Å²) in [5.74, 6) is -0.292. The Hall–Kier alpha value is -2.00. The van der Waals surface area contributed by atoms with Crippen molar-refractivity contribution in [1.82, 2.24) is 20.9 Å². The lowest BCUT2D eigenvalue weighted by atomic mass is 9.85. The van der Waals surface area contributed by atoms with Gasteiger partial charge in [-0.3, -0.25) is 19.2 Å². The lowest BCUT2D eigenvalue weighted by molar-refractivity contribution is -0.145. The number of thioether (sulfide) groups is 2. The second-order valence-corrected chi connectivity index (χ2v) is 14.4. The minimum absolute atomic E-state index is 0.120. The Morgan fingerprint density at radius 1 is 1.25 bits per heavy atom. The Bertz CT molecular complexity index is 971. The zero-order chi connectivity index (χ0) is 26.3. The van der Waals surface area contributed by atoms with Crippen molar-refractivity contribution in [1.29, 1.82) is 5.26 Å². The van der Waals surface area contributed by atoms with Gasteiger partial charge in [-0.2, -0.15) is 5.26 Å². The first-order valence-corrected chi connectivity index (χ1v) is 14.4. The summed E-state index contributed by atoms with van der Waals surface area (Å²) in [7, 11) is 0. The van der Waals surface area contributed by atoms with E-state index in [1.165, 1.54) is 4.90 Å². The maximum atomic E-state index is 14.4. The largest absolute Gasteiger partial charge is 0.356 e. The predicted molar refractivity (Wildman–Crippen MR) is 136 cm³/mol. The molecule has 0 aromatic heterocycles. The number of nitriles is 1. The number of carbonyl (C=O) groups is 4. The van der Waals surface area contributed by atoms with Crippen LogP contribution >= 0.6 is 23.5 Å². The fourth-order valence-corrected chi connectivity index (χ4v) is 8.25. The summed E-state index contributed by atoms with van der Waals surface area (Å²) in [6.45, 7) is 6.27. The van der Waals surface area contributed by atoms with E-state index in [9.17, 15) is 28.8 Å². The molecule has 4 aliphatic rings. The SMILES string of the molecule is CC(C)(C)[C@H](NC(=O)C1(F)CC1)C(=O)N1CC2(C[C@H]1C(=O)N[C@H](C#N)C[C@@H]1CCNC1=O)SCCS2. The minimum Gasteiger partial charge on any atom is -0.356 e. The number of halogens is 1. The molecule has 12 heteroatoms. The van der Waals surface area contributed by atoms with Crippen molar-refractivity contribution >= 4 is 47.2 Å². The Morgan fingerprint density at radius 2 is 1.92 bits per heavy atom. The molecular weight excluding hydrogens is 505 g/mol. The Balaban J connectivity index is 1.53. The third-order valence-electron chi connectivity index (χ3n) is 7.33. The Labute approximate surface area is 219 Å². The van der Waals surface area contributed by atoms with Crippen molar-refractivity contribution in [3.63, 3.8) is 0 Å². The van der Waals surface area contributed by atoms with Gasteiger partial charge in [-0.15, -0.1) is 23.5 Å². The third-order valence-corrected chi connectivity index (χ3v) is 10.8. The molecule has 0 unspecified atom stereocenters. The van der Waals surface area contributed by atoms with Gasteiger partial charge in [-0.25, -0.2) is 4.39 Å². The highest BCUT2D eigenvalue weighted by Crippen LogP contribution is 2.52. The molecule has 4 amide bonds. The maximum Gasteiger partial charge on any atom is 0.258 e.